The summed E-state index contributed by atoms with van der Waals surface area (Å²) in [5.41, 5.74) is 1.44. The zero-order valence-corrected chi connectivity index (χ0v) is 11.4. The van der Waals surface area contributed by atoms with E-state index in [0.717, 1.165) is 24.4 Å². The molecule has 1 aromatic rings. The molecule has 1 saturated carbocycles. The van der Waals surface area contributed by atoms with Crippen molar-refractivity contribution in [3.05, 3.63) is 21.9 Å². The smallest absolute Gasteiger partial charge is 0.0305 e. The summed E-state index contributed by atoms with van der Waals surface area (Å²) in [5.74, 6) is 1.80. The predicted octanol–water partition coefficient (Wildman–Crippen LogP) is 3.97. The van der Waals surface area contributed by atoms with E-state index in [4.69, 9.17) is 0 Å². The van der Waals surface area contributed by atoms with Gasteiger partial charge in [-0.3, -0.25) is 0 Å². The Bertz CT molecular complexity index is 331. The fourth-order valence-electron chi connectivity index (χ4n) is 2.92. The summed E-state index contributed by atoms with van der Waals surface area (Å²) in [4.78, 5) is 1.51. The van der Waals surface area contributed by atoms with E-state index in [1.54, 1.807) is 0 Å². The highest BCUT2D eigenvalue weighted by Gasteiger charge is 2.30. The summed E-state index contributed by atoms with van der Waals surface area (Å²) in [6, 6.07) is 2.96. The topological polar surface area (TPSA) is 12.0 Å². The normalized spacial score (nSPS) is 29.8. The summed E-state index contributed by atoms with van der Waals surface area (Å²) < 4.78 is 0. The lowest BCUT2D eigenvalue weighted by atomic mass is 9.93. The Labute approximate surface area is 103 Å². The van der Waals surface area contributed by atoms with Gasteiger partial charge >= 0.3 is 0 Å². The van der Waals surface area contributed by atoms with Gasteiger partial charge < -0.3 is 5.32 Å². The Morgan fingerprint density at radius 1 is 1.44 bits per heavy atom. The highest BCUT2D eigenvalue weighted by atomic mass is 32.1. The van der Waals surface area contributed by atoms with Crippen LogP contribution in [0.4, 0.5) is 0 Å². The lowest BCUT2D eigenvalue weighted by Crippen LogP contribution is -2.32. The second-order valence-corrected chi connectivity index (χ2v) is 6.12. The number of hydrogen-bond donors (Lipinski definition) is 1. The van der Waals surface area contributed by atoms with Crippen LogP contribution in [0.5, 0.6) is 0 Å². The minimum atomic E-state index is 0.742. The molecular formula is C14H23NS. The Morgan fingerprint density at radius 2 is 2.25 bits per heavy atom. The molecule has 90 valence electrons. The molecule has 0 bridgehead atoms. The molecular weight excluding hydrogens is 214 g/mol. The van der Waals surface area contributed by atoms with Crippen LogP contribution in [0.2, 0.25) is 0 Å². The van der Waals surface area contributed by atoms with E-state index in [-0.39, 0.29) is 0 Å². The molecule has 0 saturated heterocycles. The molecule has 0 amide bonds. The van der Waals surface area contributed by atoms with Crippen molar-refractivity contribution < 1.29 is 0 Å². The van der Waals surface area contributed by atoms with Crippen molar-refractivity contribution in [2.45, 2.75) is 52.6 Å². The van der Waals surface area contributed by atoms with Gasteiger partial charge in [0, 0.05) is 17.5 Å². The standard InChI is InChI=1S/C14H23NS/c1-4-12-5-6-13(11(12)3)15-9-14-10(2)7-8-16-14/h7-8,11-13,15H,4-6,9H2,1-3H3. The van der Waals surface area contributed by atoms with Gasteiger partial charge in [0.25, 0.3) is 0 Å². The van der Waals surface area contributed by atoms with E-state index in [1.807, 2.05) is 11.3 Å². The fourth-order valence-corrected chi connectivity index (χ4v) is 3.78. The Morgan fingerprint density at radius 3 is 2.81 bits per heavy atom. The van der Waals surface area contributed by atoms with Crippen molar-refractivity contribution in [1.29, 1.82) is 0 Å². The Kier molecular flexibility index (Phi) is 4.04. The average molecular weight is 237 g/mol. The maximum absolute atomic E-state index is 3.75. The van der Waals surface area contributed by atoms with Crippen molar-refractivity contribution in [1.82, 2.24) is 5.32 Å². The zero-order chi connectivity index (χ0) is 11.5. The first-order valence-electron chi connectivity index (χ1n) is 6.48. The van der Waals surface area contributed by atoms with Crippen molar-refractivity contribution >= 4 is 11.3 Å². The fraction of sp³-hybridized carbons (Fsp3) is 0.714. The average Bonchev–Trinajstić information content (AvgIpc) is 2.83. The van der Waals surface area contributed by atoms with Crippen molar-refractivity contribution in [2.75, 3.05) is 0 Å². The van der Waals surface area contributed by atoms with Crippen molar-refractivity contribution in [2.24, 2.45) is 11.8 Å². The molecule has 1 aliphatic rings. The molecule has 2 rings (SSSR count). The number of nitrogens with one attached hydrogen (secondary N) is 1. The van der Waals surface area contributed by atoms with Crippen molar-refractivity contribution in [3.8, 4) is 0 Å². The quantitative estimate of drug-likeness (QED) is 0.835. The van der Waals surface area contributed by atoms with Gasteiger partial charge in [-0.25, -0.2) is 0 Å². The molecule has 16 heavy (non-hydrogen) atoms. The van der Waals surface area contributed by atoms with E-state index in [0.29, 0.717) is 0 Å². The number of rotatable bonds is 4. The van der Waals surface area contributed by atoms with Crippen LogP contribution in [0.15, 0.2) is 11.4 Å². The molecule has 0 aromatic carbocycles. The second-order valence-electron chi connectivity index (χ2n) is 5.12. The SMILES string of the molecule is CCC1CCC(NCc2sccc2C)C1C. The number of thiophene rings is 1. The summed E-state index contributed by atoms with van der Waals surface area (Å²) >= 11 is 1.88. The van der Waals surface area contributed by atoms with E-state index in [9.17, 15) is 0 Å². The van der Waals surface area contributed by atoms with Crippen LogP contribution in [-0.4, -0.2) is 6.04 Å². The summed E-state index contributed by atoms with van der Waals surface area (Å²) in [6.45, 7) is 8.02. The molecule has 2 heteroatoms. The van der Waals surface area contributed by atoms with Gasteiger partial charge in [0.05, 0.1) is 0 Å². The van der Waals surface area contributed by atoms with Crippen LogP contribution >= 0.6 is 11.3 Å². The van der Waals surface area contributed by atoms with Gasteiger partial charge in [0.2, 0.25) is 0 Å². The first-order chi connectivity index (χ1) is 7.72. The van der Waals surface area contributed by atoms with Crippen LogP contribution in [0, 0.1) is 18.8 Å². The third-order valence-electron chi connectivity index (χ3n) is 4.24. The monoisotopic (exact) mass is 237 g/mol. The third kappa shape index (κ3) is 2.49. The zero-order valence-electron chi connectivity index (χ0n) is 10.6. The van der Waals surface area contributed by atoms with E-state index >= 15 is 0 Å². The first-order valence-corrected chi connectivity index (χ1v) is 7.36. The molecule has 1 aliphatic carbocycles. The maximum atomic E-state index is 3.75. The summed E-state index contributed by atoms with van der Waals surface area (Å²) in [5, 5.41) is 5.94. The maximum Gasteiger partial charge on any atom is 0.0305 e. The van der Waals surface area contributed by atoms with Crippen LogP contribution in [0.1, 0.15) is 43.6 Å². The number of hydrogen-bond acceptors (Lipinski definition) is 2. The summed E-state index contributed by atoms with van der Waals surface area (Å²) in [7, 11) is 0. The highest BCUT2D eigenvalue weighted by molar-refractivity contribution is 7.10. The molecule has 1 heterocycles. The lowest BCUT2D eigenvalue weighted by molar-refractivity contribution is 0.345. The molecule has 0 radical (unpaired) electrons. The Hall–Kier alpha value is -0.340. The molecule has 3 atom stereocenters. The minimum Gasteiger partial charge on any atom is -0.309 e. The number of aryl methyl sites for hydroxylation is 1. The van der Waals surface area contributed by atoms with Gasteiger partial charge in [-0.1, -0.05) is 20.3 Å². The molecule has 1 aromatic heterocycles. The van der Waals surface area contributed by atoms with Crippen LogP contribution < -0.4 is 5.32 Å². The van der Waals surface area contributed by atoms with E-state index in [1.165, 1.54) is 29.7 Å². The summed E-state index contributed by atoms with van der Waals surface area (Å²) in [6.07, 6.45) is 4.13. The molecule has 0 spiro atoms. The first kappa shape index (κ1) is 12.1. The van der Waals surface area contributed by atoms with Gasteiger partial charge in [-0.15, -0.1) is 11.3 Å². The van der Waals surface area contributed by atoms with Gasteiger partial charge in [0.1, 0.15) is 0 Å². The molecule has 0 aliphatic heterocycles. The highest BCUT2D eigenvalue weighted by Crippen LogP contribution is 2.34. The van der Waals surface area contributed by atoms with Crippen LogP contribution in [0.3, 0.4) is 0 Å². The lowest BCUT2D eigenvalue weighted by Gasteiger charge is -2.20. The molecule has 1 nitrogen and oxygen atoms in total. The molecule has 3 unspecified atom stereocenters. The Balaban J connectivity index is 1.85. The van der Waals surface area contributed by atoms with Crippen LogP contribution in [0.25, 0.3) is 0 Å². The molecule has 1 N–H and O–H groups in total. The van der Waals surface area contributed by atoms with Gasteiger partial charge in [-0.05, 0) is 48.6 Å². The minimum absolute atomic E-state index is 0.742. The second kappa shape index (κ2) is 5.33. The largest absolute Gasteiger partial charge is 0.309 e. The predicted molar refractivity (Wildman–Crippen MR) is 71.9 cm³/mol. The molecule has 1 fully saturated rings. The third-order valence-corrected chi connectivity index (χ3v) is 5.27. The van der Waals surface area contributed by atoms with Gasteiger partial charge in [0.15, 0.2) is 0 Å². The van der Waals surface area contributed by atoms with Gasteiger partial charge in [-0.2, -0.15) is 0 Å². The van der Waals surface area contributed by atoms with E-state index in [2.05, 4.69) is 37.5 Å². The van der Waals surface area contributed by atoms with E-state index < -0.39 is 0 Å². The van der Waals surface area contributed by atoms with Crippen LogP contribution in [-0.2, 0) is 6.54 Å². The van der Waals surface area contributed by atoms with Crippen molar-refractivity contribution in [3.63, 3.8) is 0 Å².